The van der Waals surface area contributed by atoms with Crippen LogP contribution in [-0.4, -0.2) is 60.9 Å². The molecule has 2 heterocycles. The Hall–Kier alpha value is -3.03. The summed E-state index contributed by atoms with van der Waals surface area (Å²) in [5.41, 5.74) is 0.576. The van der Waals surface area contributed by atoms with E-state index in [0.717, 1.165) is 31.6 Å². The van der Waals surface area contributed by atoms with Crippen LogP contribution in [0.15, 0.2) is 42.5 Å². The summed E-state index contributed by atoms with van der Waals surface area (Å²) in [5.74, 6) is -3.60. The number of likely N-dealkylation sites (tertiary alicyclic amines) is 1. The van der Waals surface area contributed by atoms with E-state index in [2.05, 4.69) is 17.0 Å². The Morgan fingerprint density at radius 2 is 1.47 bits per heavy atom. The molecule has 1 atom stereocenters. The molecule has 2 saturated heterocycles. The van der Waals surface area contributed by atoms with E-state index < -0.39 is 35.3 Å². The van der Waals surface area contributed by atoms with Gasteiger partial charge in [0.1, 0.15) is 5.82 Å². The molecule has 34 heavy (non-hydrogen) atoms. The molecule has 0 radical (unpaired) electrons. The van der Waals surface area contributed by atoms with Crippen LogP contribution in [0.4, 0.5) is 18.9 Å². The molecular formula is C26H28F3N3O2. The molecule has 2 aliphatic heterocycles. The number of nitrogens with zero attached hydrogens (tertiary/aromatic N) is 3. The summed E-state index contributed by atoms with van der Waals surface area (Å²) < 4.78 is 41.3. The number of anilines is 1. The highest BCUT2D eigenvalue weighted by Crippen LogP contribution is 2.60. The molecule has 1 saturated carbocycles. The first-order chi connectivity index (χ1) is 16.4. The quantitative estimate of drug-likeness (QED) is 0.640. The number of hydrogen-bond acceptors (Lipinski definition) is 3. The summed E-state index contributed by atoms with van der Waals surface area (Å²) in [6, 6.07) is 11.7. The fourth-order valence-corrected chi connectivity index (χ4v) is 5.49. The van der Waals surface area contributed by atoms with Crippen molar-refractivity contribution < 1.29 is 22.8 Å². The van der Waals surface area contributed by atoms with Crippen molar-refractivity contribution in [2.75, 3.05) is 44.2 Å². The van der Waals surface area contributed by atoms with E-state index in [1.54, 1.807) is 4.90 Å². The van der Waals surface area contributed by atoms with Crippen LogP contribution in [0.3, 0.4) is 0 Å². The molecule has 3 aliphatic rings. The van der Waals surface area contributed by atoms with Gasteiger partial charge in [0.15, 0.2) is 11.6 Å². The minimum Gasteiger partial charge on any atom is -0.368 e. The predicted octanol–water partition coefficient (Wildman–Crippen LogP) is 3.62. The van der Waals surface area contributed by atoms with Crippen molar-refractivity contribution in [1.29, 1.82) is 0 Å². The van der Waals surface area contributed by atoms with Gasteiger partial charge in [0, 0.05) is 56.4 Å². The zero-order chi connectivity index (χ0) is 23.9. The highest BCUT2D eigenvalue weighted by molar-refractivity contribution is 5.83. The molecule has 3 fully saturated rings. The summed E-state index contributed by atoms with van der Waals surface area (Å²) in [6.07, 6.45) is 1.73. The molecule has 5 rings (SSSR count). The Labute approximate surface area is 197 Å². The third-order valence-electron chi connectivity index (χ3n) is 7.78. The number of rotatable bonds is 4. The van der Waals surface area contributed by atoms with E-state index in [4.69, 9.17) is 0 Å². The van der Waals surface area contributed by atoms with Crippen molar-refractivity contribution in [1.82, 2.24) is 9.80 Å². The van der Waals surface area contributed by atoms with Gasteiger partial charge in [-0.1, -0.05) is 18.2 Å². The van der Waals surface area contributed by atoms with Gasteiger partial charge in [-0.3, -0.25) is 9.59 Å². The molecule has 1 aliphatic carbocycles. The van der Waals surface area contributed by atoms with Crippen molar-refractivity contribution in [2.45, 2.75) is 25.7 Å². The normalized spacial score (nSPS) is 21.6. The summed E-state index contributed by atoms with van der Waals surface area (Å²) in [7, 11) is 0. The topological polar surface area (TPSA) is 43.9 Å². The standard InChI is InChI=1S/C26H28F3N3O2/c27-21-6-7-22(28)24(29)19(21)16-23(33)31-10-8-26(9-11-31)17-20(26)25(34)32-14-12-30(13-15-32)18-4-2-1-3-5-18/h1-7,20H,8-17H2. The molecule has 0 N–H and O–H groups in total. The molecule has 2 aromatic rings. The van der Waals surface area contributed by atoms with Gasteiger partial charge >= 0.3 is 0 Å². The second-order valence-electron chi connectivity index (χ2n) is 9.65. The van der Waals surface area contributed by atoms with Crippen molar-refractivity contribution in [3.05, 3.63) is 65.5 Å². The maximum atomic E-state index is 13.9. The van der Waals surface area contributed by atoms with E-state index in [9.17, 15) is 22.8 Å². The minimum absolute atomic E-state index is 0.00821. The number of amides is 2. The Morgan fingerprint density at radius 1 is 0.824 bits per heavy atom. The first-order valence-corrected chi connectivity index (χ1v) is 11.9. The maximum Gasteiger partial charge on any atom is 0.227 e. The average Bonchev–Trinajstić information content (AvgIpc) is 3.57. The zero-order valence-corrected chi connectivity index (χ0v) is 19.0. The number of carbonyl (C=O) groups excluding carboxylic acids is 2. The van der Waals surface area contributed by atoms with Gasteiger partial charge in [0.2, 0.25) is 11.8 Å². The molecule has 180 valence electrons. The van der Waals surface area contributed by atoms with Gasteiger partial charge < -0.3 is 14.7 Å². The van der Waals surface area contributed by atoms with Crippen LogP contribution in [0, 0.1) is 28.8 Å². The zero-order valence-electron chi connectivity index (χ0n) is 19.0. The Balaban J connectivity index is 1.12. The van der Waals surface area contributed by atoms with Crippen LogP contribution in [0.1, 0.15) is 24.8 Å². The van der Waals surface area contributed by atoms with Crippen LogP contribution in [0.2, 0.25) is 0 Å². The van der Waals surface area contributed by atoms with Gasteiger partial charge in [-0.05, 0) is 48.9 Å². The lowest BCUT2D eigenvalue weighted by atomic mass is 9.90. The van der Waals surface area contributed by atoms with E-state index in [1.807, 2.05) is 23.1 Å². The molecule has 5 nitrogen and oxygen atoms in total. The highest BCUT2D eigenvalue weighted by atomic mass is 19.2. The third-order valence-corrected chi connectivity index (χ3v) is 7.78. The van der Waals surface area contributed by atoms with Crippen molar-refractivity contribution in [2.24, 2.45) is 11.3 Å². The number of benzene rings is 2. The van der Waals surface area contributed by atoms with E-state index in [0.29, 0.717) is 39.0 Å². The summed E-state index contributed by atoms with van der Waals surface area (Å²) in [6.45, 7) is 3.92. The smallest absolute Gasteiger partial charge is 0.227 e. The van der Waals surface area contributed by atoms with E-state index >= 15 is 0 Å². The Kier molecular flexibility index (Phi) is 6.00. The van der Waals surface area contributed by atoms with Crippen molar-refractivity contribution in [3.8, 4) is 0 Å². The van der Waals surface area contributed by atoms with E-state index in [1.165, 1.54) is 5.69 Å². The average molecular weight is 472 g/mol. The Morgan fingerprint density at radius 3 is 2.15 bits per heavy atom. The highest BCUT2D eigenvalue weighted by Gasteiger charge is 2.59. The number of halogens is 3. The number of piperidine rings is 1. The molecule has 1 spiro atoms. The fourth-order valence-electron chi connectivity index (χ4n) is 5.49. The molecule has 1 unspecified atom stereocenters. The van der Waals surface area contributed by atoms with Gasteiger partial charge in [-0.15, -0.1) is 0 Å². The van der Waals surface area contributed by atoms with Crippen LogP contribution in [0.5, 0.6) is 0 Å². The summed E-state index contributed by atoms with van der Waals surface area (Å²) in [4.78, 5) is 31.6. The van der Waals surface area contributed by atoms with Gasteiger partial charge in [0.25, 0.3) is 0 Å². The molecule has 0 bridgehead atoms. The molecule has 2 amide bonds. The maximum absolute atomic E-state index is 13.9. The fraction of sp³-hybridized carbons (Fsp3) is 0.462. The van der Waals surface area contributed by atoms with Gasteiger partial charge in [0.05, 0.1) is 6.42 Å². The SMILES string of the molecule is O=C(Cc1c(F)ccc(F)c1F)N1CCC2(CC1)CC2C(=O)N1CCN(c2ccccc2)CC1. The second kappa shape index (κ2) is 8.96. The van der Waals surface area contributed by atoms with Crippen LogP contribution < -0.4 is 4.90 Å². The second-order valence-corrected chi connectivity index (χ2v) is 9.65. The number of piperazine rings is 1. The van der Waals surface area contributed by atoms with Crippen LogP contribution >= 0.6 is 0 Å². The first-order valence-electron chi connectivity index (χ1n) is 11.9. The number of para-hydroxylation sites is 1. The molecule has 8 heteroatoms. The summed E-state index contributed by atoms with van der Waals surface area (Å²) >= 11 is 0. The van der Waals surface area contributed by atoms with Gasteiger partial charge in [-0.25, -0.2) is 13.2 Å². The largest absolute Gasteiger partial charge is 0.368 e. The predicted molar refractivity (Wildman–Crippen MR) is 122 cm³/mol. The summed E-state index contributed by atoms with van der Waals surface area (Å²) in [5, 5.41) is 0. The number of hydrogen-bond donors (Lipinski definition) is 0. The van der Waals surface area contributed by atoms with Crippen LogP contribution in [-0.2, 0) is 16.0 Å². The molecule has 0 aromatic heterocycles. The van der Waals surface area contributed by atoms with Crippen molar-refractivity contribution >= 4 is 17.5 Å². The number of carbonyl (C=O) groups is 2. The van der Waals surface area contributed by atoms with E-state index in [-0.39, 0.29) is 17.2 Å². The lowest BCUT2D eigenvalue weighted by Gasteiger charge is -2.37. The Bertz CT molecular complexity index is 1080. The monoisotopic (exact) mass is 471 g/mol. The lowest BCUT2D eigenvalue weighted by Crippen LogP contribution is -2.50. The van der Waals surface area contributed by atoms with Gasteiger partial charge in [-0.2, -0.15) is 0 Å². The molecular weight excluding hydrogens is 443 g/mol. The minimum atomic E-state index is -1.30. The molecule has 2 aromatic carbocycles. The third kappa shape index (κ3) is 4.26. The van der Waals surface area contributed by atoms with Crippen molar-refractivity contribution in [3.63, 3.8) is 0 Å². The first kappa shape index (κ1) is 22.7. The lowest BCUT2D eigenvalue weighted by molar-refractivity contribution is -0.134. The van der Waals surface area contributed by atoms with Crippen LogP contribution in [0.25, 0.3) is 0 Å².